The molecule has 5 rings (SSSR count). The van der Waals surface area contributed by atoms with Crippen LogP contribution in [0.4, 0.5) is 4.39 Å². The third kappa shape index (κ3) is 4.06. The molecular formula is C25H23FN4O2. The van der Waals surface area contributed by atoms with Crippen LogP contribution in [-0.4, -0.2) is 20.4 Å². The summed E-state index contributed by atoms with van der Waals surface area (Å²) in [4.78, 5) is 21.5. The lowest BCUT2D eigenvalue weighted by molar-refractivity contribution is 0.0923. The number of imidazole rings is 1. The van der Waals surface area contributed by atoms with Gasteiger partial charge in [0.1, 0.15) is 11.5 Å². The Morgan fingerprint density at radius 1 is 1.06 bits per heavy atom. The first kappa shape index (κ1) is 20.2. The van der Waals surface area contributed by atoms with Gasteiger partial charge in [0.05, 0.1) is 24.3 Å². The zero-order chi connectivity index (χ0) is 21.9. The number of halogens is 1. The van der Waals surface area contributed by atoms with E-state index in [1.807, 2.05) is 24.5 Å². The fraction of sp³-hybridized carbons (Fsp3) is 0.240. The van der Waals surface area contributed by atoms with Gasteiger partial charge in [0, 0.05) is 17.8 Å². The number of rotatable bonds is 6. The largest absolute Gasteiger partial charge is 0.449 e. The zero-order valence-electron chi connectivity index (χ0n) is 17.5. The van der Waals surface area contributed by atoms with Gasteiger partial charge in [-0.1, -0.05) is 18.9 Å². The highest BCUT2D eigenvalue weighted by Gasteiger charge is 2.25. The topological polar surface area (TPSA) is 73.0 Å². The molecule has 0 radical (unpaired) electrons. The summed E-state index contributed by atoms with van der Waals surface area (Å²) in [5, 5.41) is 2.84. The van der Waals surface area contributed by atoms with E-state index in [-0.39, 0.29) is 17.5 Å². The van der Waals surface area contributed by atoms with E-state index in [2.05, 4.69) is 19.9 Å². The van der Waals surface area contributed by atoms with Crippen molar-refractivity contribution >= 4 is 5.91 Å². The highest BCUT2D eigenvalue weighted by atomic mass is 19.1. The number of pyridine rings is 1. The van der Waals surface area contributed by atoms with Gasteiger partial charge >= 0.3 is 0 Å². The number of hydrogen-bond acceptors (Lipinski definition) is 4. The number of nitrogens with one attached hydrogen (secondary N) is 1. The van der Waals surface area contributed by atoms with Crippen molar-refractivity contribution < 1.29 is 13.6 Å². The molecule has 1 aliphatic carbocycles. The van der Waals surface area contributed by atoms with Crippen molar-refractivity contribution in [2.75, 3.05) is 0 Å². The second-order valence-corrected chi connectivity index (χ2v) is 7.96. The van der Waals surface area contributed by atoms with Crippen molar-refractivity contribution in [2.24, 2.45) is 0 Å². The molecular weight excluding hydrogens is 407 g/mol. The lowest BCUT2D eigenvalue weighted by atomic mass is 10.1. The van der Waals surface area contributed by atoms with E-state index in [4.69, 9.17) is 4.42 Å². The SMILES string of the molecule is O=C(NCc1ccccn1)c1ccc(-c2c(-c3ccc(F)cc3)ncn2C2CCCC2)o1. The van der Waals surface area contributed by atoms with Crippen LogP contribution in [0.15, 0.2) is 71.5 Å². The first-order valence-corrected chi connectivity index (χ1v) is 10.8. The van der Waals surface area contributed by atoms with Gasteiger partial charge in [-0.15, -0.1) is 0 Å². The Kier molecular flexibility index (Phi) is 5.54. The van der Waals surface area contributed by atoms with Crippen molar-refractivity contribution in [3.05, 3.63) is 84.4 Å². The van der Waals surface area contributed by atoms with Crippen molar-refractivity contribution in [1.82, 2.24) is 19.9 Å². The summed E-state index contributed by atoms with van der Waals surface area (Å²) in [6.07, 6.45) is 8.01. The van der Waals surface area contributed by atoms with Gasteiger partial charge in [-0.25, -0.2) is 9.37 Å². The van der Waals surface area contributed by atoms with E-state index in [0.29, 0.717) is 24.0 Å². The molecule has 1 aromatic carbocycles. The van der Waals surface area contributed by atoms with Crippen LogP contribution in [0.5, 0.6) is 0 Å². The van der Waals surface area contributed by atoms with Crippen molar-refractivity contribution in [3.63, 3.8) is 0 Å². The van der Waals surface area contributed by atoms with E-state index >= 15 is 0 Å². The molecule has 1 amide bonds. The molecule has 0 aliphatic heterocycles. The number of carbonyl (C=O) groups excluding carboxylic acids is 1. The van der Waals surface area contributed by atoms with Gasteiger partial charge in [0.2, 0.25) is 0 Å². The standard InChI is InChI=1S/C25H23FN4O2/c26-18-10-8-17(9-11-18)23-24(30(16-29-23)20-6-1-2-7-20)21-12-13-22(32-21)25(31)28-15-19-5-3-4-14-27-19/h3-5,8-14,16,20H,1-2,6-7,15H2,(H,28,31). The van der Waals surface area contributed by atoms with Gasteiger partial charge in [-0.05, 0) is 61.4 Å². The Bertz CT molecular complexity index is 1210. The van der Waals surface area contributed by atoms with E-state index in [1.165, 1.54) is 25.0 Å². The smallest absolute Gasteiger partial charge is 0.287 e. The van der Waals surface area contributed by atoms with Crippen molar-refractivity contribution in [2.45, 2.75) is 38.3 Å². The van der Waals surface area contributed by atoms with Crippen LogP contribution in [0.1, 0.15) is 48.0 Å². The molecule has 1 fully saturated rings. The highest BCUT2D eigenvalue weighted by molar-refractivity contribution is 5.92. The molecule has 3 heterocycles. The quantitative estimate of drug-likeness (QED) is 0.445. The van der Waals surface area contributed by atoms with Gasteiger partial charge < -0.3 is 14.3 Å². The minimum absolute atomic E-state index is 0.222. The minimum atomic E-state index is -0.308. The second kappa shape index (κ2) is 8.78. The average molecular weight is 430 g/mol. The molecule has 162 valence electrons. The molecule has 3 aromatic heterocycles. The summed E-state index contributed by atoms with van der Waals surface area (Å²) in [5.74, 6) is 0.185. The summed E-state index contributed by atoms with van der Waals surface area (Å²) >= 11 is 0. The fourth-order valence-electron chi connectivity index (χ4n) is 4.23. The summed E-state index contributed by atoms with van der Waals surface area (Å²) in [5.41, 5.74) is 3.10. The number of nitrogens with zero attached hydrogens (tertiary/aromatic N) is 3. The van der Waals surface area contributed by atoms with Crippen molar-refractivity contribution in [1.29, 1.82) is 0 Å². The number of carbonyl (C=O) groups is 1. The van der Waals surface area contributed by atoms with Gasteiger partial charge in [-0.3, -0.25) is 9.78 Å². The number of amides is 1. The number of furan rings is 1. The third-order valence-corrected chi connectivity index (χ3v) is 5.85. The molecule has 32 heavy (non-hydrogen) atoms. The molecule has 0 atom stereocenters. The van der Waals surface area contributed by atoms with Gasteiger partial charge in [0.15, 0.2) is 11.5 Å². The van der Waals surface area contributed by atoms with Crippen LogP contribution in [0.25, 0.3) is 22.7 Å². The normalized spacial score (nSPS) is 14.0. The van der Waals surface area contributed by atoms with Crippen LogP contribution in [-0.2, 0) is 6.54 Å². The molecule has 4 aromatic rings. The fourth-order valence-corrected chi connectivity index (χ4v) is 4.23. The molecule has 0 unspecified atom stereocenters. The highest BCUT2D eigenvalue weighted by Crippen LogP contribution is 2.39. The maximum Gasteiger partial charge on any atom is 0.287 e. The molecule has 1 N–H and O–H groups in total. The van der Waals surface area contributed by atoms with E-state index in [1.54, 1.807) is 30.5 Å². The maximum atomic E-state index is 13.5. The Balaban J connectivity index is 1.45. The molecule has 1 aliphatic rings. The lowest BCUT2D eigenvalue weighted by Crippen LogP contribution is -2.22. The molecule has 0 spiro atoms. The number of hydrogen-bond donors (Lipinski definition) is 1. The Hall–Kier alpha value is -3.74. The van der Waals surface area contributed by atoms with Crippen LogP contribution in [0.3, 0.4) is 0 Å². The first-order valence-electron chi connectivity index (χ1n) is 10.8. The monoisotopic (exact) mass is 430 g/mol. The average Bonchev–Trinajstić information content (AvgIpc) is 3.58. The minimum Gasteiger partial charge on any atom is -0.449 e. The number of benzene rings is 1. The van der Waals surface area contributed by atoms with E-state index < -0.39 is 0 Å². The summed E-state index contributed by atoms with van der Waals surface area (Å²) in [7, 11) is 0. The number of aromatic nitrogens is 3. The van der Waals surface area contributed by atoms with E-state index in [9.17, 15) is 9.18 Å². The lowest BCUT2D eigenvalue weighted by Gasteiger charge is -2.15. The molecule has 6 nitrogen and oxygen atoms in total. The summed E-state index contributed by atoms with van der Waals surface area (Å²) in [6, 6.07) is 15.6. The molecule has 1 saturated carbocycles. The van der Waals surface area contributed by atoms with Crippen LogP contribution in [0, 0.1) is 5.82 Å². The van der Waals surface area contributed by atoms with Crippen LogP contribution >= 0.6 is 0 Å². The van der Waals surface area contributed by atoms with Crippen molar-refractivity contribution in [3.8, 4) is 22.7 Å². The molecule has 0 saturated heterocycles. The van der Waals surface area contributed by atoms with Gasteiger partial charge in [0.25, 0.3) is 5.91 Å². The predicted octanol–water partition coefficient (Wildman–Crippen LogP) is 5.39. The third-order valence-electron chi connectivity index (χ3n) is 5.85. The van der Waals surface area contributed by atoms with E-state index in [0.717, 1.165) is 29.8 Å². The predicted molar refractivity (Wildman–Crippen MR) is 118 cm³/mol. The maximum absolute atomic E-state index is 13.5. The summed E-state index contributed by atoms with van der Waals surface area (Å²) in [6.45, 7) is 0.316. The van der Waals surface area contributed by atoms with Gasteiger partial charge in [-0.2, -0.15) is 0 Å². The Morgan fingerprint density at radius 3 is 2.62 bits per heavy atom. The Labute approximate surface area is 185 Å². The Morgan fingerprint density at radius 2 is 1.88 bits per heavy atom. The van der Waals surface area contributed by atoms with Crippen LogP contribution < -0.4 is 5.32 Å². The summed E-state index contributed by atoms with van der Waals surface area (Å²) < 4.78 is 21.6. The molecule has 0 bridgehead atoms. The molecule has 7 heteroatoms. The second-order valence-electron chi connectivity index (χ2n) is 7.96. The zero-order valence-corrected chi connectivity index (χ0v) is 17.5. The first-order chi connectivity index (χ1) is 15.7. The van der Waals surface area contributed by atoms with Crippen LogP contribution in [0.2, 0.25) is 0 Å².